The van der Waals surface area contributed by atoms with Crippen LogP contribution in [0.15, 0.2) is 48.5 Å². The van der Waals surface area contributed by atoms with Gasteiger partial charge in [-0.05, 0) is 48.2 Å². The minimum Gasteiger partial charge on any atom is -0.493 e. The molecule has 2 saturated heterocycles. The van der Waals surface area contributed by atoms with E-state index >= 15 is 0 Å². The second kappa shape index (κ2) is 9.84. The molecule has 0 bridgehead atoms. The smallest absolute Gasteiger partial charge is 0.253 e. The Kier molecular flexibility index (Phi) is 6.93. The number of amides is 1. The van der Waals surface area contributed by atoms with Crippen molar-refractivity contribution >= 4 is 5.91 Å². The van der Waals surface area contributed by atoms with Crippen molar-refractivity contribution in [3.05, 3.63) is 54.1 Å². The maximum Gasteiger partial charge on any atom is 0.253 e. The summed E-state index contributed by atoms with van der Waals surface area (Å²) in [7, 11) is 4.39. The molecule has 5 heteroatoms. The van der Waals surface area contributed by atoms with Gasteiger partial charge < -0.3 is 9.64 Å². The van der Waals surface area contributed by atoms with Gasteiger partial charge in [0.25, 0.3) is 5.91 Å². The highest BCUT2D eigenvalue weighted by Crippen LogP contribution is 2.25. The van der Waals surface area contributed by atoms with Crippen molar-refractivity contribution in [2.45, 2.75) is 32.1 Å². The Morgan fingerprint density at radius 2 is 1.48 bits per heavy atom. The molecule has 31 heavy (non-hydrogen) atoms. The van der Waals surface area contributed by atoms with Crippen molar-refractivity contribution in [3.63, 3.8) is 0 Å². The third kappa shape index (κ3) is 5.10. The Bertz CT molecular complexity index is 849. The van der Waals surface area contributed by atoms with Gasteiger partial charge in [0, 0.05) is 52.0 Å². The third-order valence-electron chi connectivity index (χ3n) is 6.95. The van der Waals surface area contributed by atoms with Gasteiger partial charge in [-0.2, -0.15) is 5.01 Å². The van der Waals surface area contributed by atoms with Gasteiger partial charge in [-0.1, -0.05) is 24.3 Å². The van der Waals surface area contributed by atoms with Crippen LogP contribution < -0.4 is 4.74 Å². The summed E-state index contributed by atoms with van der Waals surface area (Å²) in [6.45, 7) is 6.18. The number of hydrogen-bond donors (Lipinski definition) is 0. The normalized spacial score (nSPS) is 18.0. The van der Waals surface area contributed by atoms with E-state index in [-0.39, 0.29) is 5.91 Å². The van der Waals surface area contributed by atoms with Gasteiger partial charge in [0.2, 0.25) is 0 Å². The lowest BCUT2D eigenvalue weighted by molar-refractivity contribution is -1.02. The van der Waals surface area contributed by atoms with Crippen LogP contribution in [0.4, 0.5) is 0 Å². The van der Waals surface area contributed by atoms with Crippen LogP contribution >= 0.6 is 0 Å². The highest BCUT2D eigenvalue weighted by molar-refractivity contribution is 5.94. The molecule has 0 unspecified atom stereocenters. The number of carbonyl (C=O) groups excluding carboxylic acids is 1. The summed E-state index contributed by atoms with van der Waals surface area (Å²) < 4.78 is 7.11. The molecule has 1 amide bonds. The fraction of sp³-hybridized carbons (Fsp3) is 0.500. The predicted octanol–water partition coefficient (Wildman–Crippen LogP) is 4.45. The van der Waals surface area contributed by atoms with Crippen LogP contribution in [0.25, 0.3) is 11.1 Å². The minimum atomic E-state index is 0.153. The van der Waals surface area contributed by atoms with Crippen molar-refractivity contribution in [2.24, 2.45) is 0 Å². The summed E-state index contributed by atoms with van der Waals surface area (Å²) in [5.74, 6) is 1.07. The van der Waals surface area contributed by atoms with E-state index in [0.717, 1.165) is 72.5 Å². The van der Waals surface area contributed by atoms with Crippen molar-refractivity contribution in [1.29, 1.82) is 0 Å². The van der Waals surface area contributed by atoms with Gasteiger partial charge in [-0.25, -0.2) is 4.59 Å². The summed E-state index contributed by atoms with van der Waals surface area (Å²) in [6, 6.07) is 16.3. The van der Waals surface area contributed by atoms with Crippen LogP contribution in [0, 0.1) is 0 Å². The first-order valence-electron chi connectivity index (χ1n) is 11.7. The fourth-order valence-corrected chi connectivity index (χ4v) is 4.95. The molecule has 2 aromatic carbocycles. The fourth-order valence-electron chi connectivity index (χ4n) is 4.95. The van der Waals surface area contributed by atoms with E-state index in [9.17, 15) is 4.79 Å². The third-order valence-corrected chi connectivity index (χ3v) is 6.95. The Labute approximate surface area is 186 Å². The Morgan fingerprint density at radius 3 is 2.06 bits per heavy atom. The first kappa shape index (κ1) is 21.8. The van der Waals surface area contributed by atoms with Crippen molar-refractivity contribution in [2.75, 3.05) is 53.4 Å². The van der Waals surface area contributed by atoms with Crippen molar-refractivity contribution in [1.82, 2.24) is 9.91 Å². The van der Waals surface area contributed by atoms with Crippen LogP contribution in [-0.2, 0) is 0 Å². The van der Waals surface area contributed by atoms with E-state index in [2.05, 4.69) is 31.2 Å². The lowest BCUT2D eigenvalue weighted by Crippen LogP contribution is -2.55. The van der Waals surface area contributed by atoms with E-state index < -0.39 is 0 Å². The molecule has 2 heterocycles. The molecule has 0 aromatic heterocycles. The summed E-state index contributed by atoms with van der Waals surface area (Å²) in [6.07, 6.45) is 5.95. The van der Waals surface area contributed by atoms with Crippen molar-refractivity contribution in [3.8, 4) is 16.9 Å². The Balaban J connectivity index is 1.28. The van der Waals surface area contributed by atoms with E-state index in [1.165, 1.54) is 25.9 Å². The number of carbonyl (C=O) groups is 1. The molecule has 0 atom stereocenters. The largest absolute Gasteiger partial charge is 0.493 e. The first-order valence-corrected chi connectivity index (χ1v) is 11.7. The average molecular weight is 423 g/mol. The molecule has 0 spiro atoms. The van der Waals surface area contributed by atoms with Crippen LogP contribution in [0.5, 0.6) is 5.75 Å². The number of quaternary nitrogens is 1. The first-order chi connectivity index (χ1) is 15.1. The maximum absolute atomic E-state index is 12.5. The zero-order chi connectivity index (χ0) is 21.7. The van der Waals surface area contributed by atoms with E-state index in [0.29, 0.717) is 0 Å². The predicted molar refractivity (Wildman–Crippen MR) is 125 cm³/mol. The maximum atomic E-state index is 12.5. The lowest BCUT2D eigenvalue weighted by Gasteiger charge is -2.39. The summed E-state index contributed by atoms with van der Waals surface area (Å²) in [5.41, 5.74) is 3.04. The second-order valence-electron chi connectivity index (χ2n) is 9.12. The van der Waals surface area contributed by atoms with Gasteiger partial charge in [0.15, 0.2) is 0 Å². The molecule has 0 aliphatic carbocycles. The van der Waals surface area contributed by atoms with Gasteiger partial charge >= 0.3 is 0 Å². The lowest BCUT2D eigenvalue weighted by atomic mass is 10.0. The molecule has 0 saturated carbocycles. The van der Waals surface area contributed by atoms with E-state index in [4.69, 9.17) is 4.74 Å². The van der Waals surface area contributed by atoms with Gasteiger partial charge in [-0.15, -0.1) is 0 Å². The molecule has 5 nitrogen and oxygen atoms in total. The second-order valence-corrected chi connectivity index (χ2v) is 9.12. The Hall–Kier alpha value is -2.37. The summed E-state index contributed by atoms with van der Waals surface area (Å²) in [4.78, 5) is 14.5. The molecule has 2 aromatic rings. The summed E-state index contributed by atoms with van der Waals surface area (Å²) in [5, 5.41) is 2.37. The highest BCUT2D eigenvalue weighted by Gasteiger charge is 2.34. The quantitative estimate of drug-likeness (QED) is 0.466. The number of ether oxygens (including phenoxy) is 1. The SMILES string of the molecule is CN(C)[N+]1(CCCOc2ccc(-c3ccc(C(=O)N4CCCC4)cc3)cc2)CCCC1. The van der Waals surface area contributed by atoms with Gasteiger partial charge in [0.1, 0.15) is 5.75 Å². The molecule has 2 fully saturated rings. The topological polar surface area (TPSA) is 32.8 Å². The summed E-state index contributed by atoms with van der Waals surface area (Å²) >= 11 is 0. The zero-order valence-electron chi connectivity index (χ0n) is 19.1. The number of benzene rings is 2. The van der Waals surface area contributed by atoms with E-state index in [1.54, 1.807) is 0 Å². The molecule has 2 aliphatic rings. The average Bonchev–Trinajstić information content (AvgIpc) is 3.50. The monoisotopic (exact) mass is 422 g/mol. The van der Waals surface area contributed by atoms with Crippen molar-refractivity contribution < 1.29 is 14.1 Å². The molecular weight excluding hydrogens is 386 g/mol. The molecular formula is C26H36N3O2+. The zero-order valence-corrected chi connectivity index (χ0v) is 19.1. The highest BCUT2D eigenvalue weighted by atomic mass is 16.5. The standard InChI is InChI=1S/C26H36N3O2/c1-27(2)29(18-5-6-19-29)20-7-21-31-25-14-12-23(13-15-25)22-8-10-24(11-9-22)26(30)28-16-3-4-17-28/h8-15H,3-7,16-21H2,1-2H3/q+1. The molecule has 0 N–H and O–H groups in total. The van der Waals surface area contributed by atoms with Gasteiger partial charge in [-0.3, -0.25) is 4.79 Å². The van der Waals surface area contributed by atoms with Crippen LogP contribution in [-0.4, -0.2) is 73.8 Å². The molecule has 0 radical (unpaired) electrons. The minimum absolute atomic E-state index is 0.153. The van der Waals surface area contributed by atoms with E-state index in [1.807, 2.05) is 41.3 Å². The number of hydrogen-bond acceptors (Lipinski definition) is 3. The molecule has 2 aliphatic heterocycles. The van der Waals surface area contributed by atoms with Crippen LogP contribution in [0.2, 0.25) is 0 Å². The number of nitrogens with zero attached hydrogens (tertiary/aromatic N) is 3. The molecule has 4 rings (SSSR count). The number of rotatable bonds is 8. The number of likely N-dealkylation sites (tertiary alicyclic amines) is 2. The Morgan fingerprint density at radius 1 is 0.903 bits per heavy atom. The molecule has 166 valence electrons. The van der Waals surface area contributed by atoms with Crippen LogP contribution in [0.1, 0.15) is 42.5 Å². The van der Waals surface area contributed by atoms with Gasteiger partial charge in [0.05, 0.1) is 26.2 Å². The van der Waals surface area contributed by atoms with Crippen LogP contribution in [0.3, 0.4) is 0 Å².